The molecule has 1 saturated carbocycles. The molecule has 5 aliphatic rings. The molecule has 4 saturated heterocycles. The van der Waals surface area contributed by atoms with E-state index in [2.05, 4.69) is 6.92 Å². The maximum absolute atomic E-state index is 14.2. The van der Waals surface area contributed by atoms with E-state index in [9.17, 15) is 13.2 Å². The van der Waals surface area contributed by atoms with Gasteiger partial charge in [0.2, 0.25) is 5.79 Å². The predicted molar refractivity (Wildman–Crippen MR) is 84.9 cm³/mol. The van der Waals surface area contributed by atoms with Crippen molar-refractivity contribution in [2.24, 2.45) is 23.7 Å². The van der Waals surface area contributed by atoms with Crippen LogP contribution in [0.3, 0.4) is 0 Å². The number of fused-ring (bicyclic) bond motifs is 2. The molecule has 27 heavy (non-hydrogen) atoms. The summed E-state index contributed by atoms with van der Waals surface area (Å²) < 4.78 is 59.4. The van der Waals surface area contributed by atoms with Crippen molar-refractivity contribution >= 4 is 0 Å². The van der Waals surface area contributed by atoms with E-state index in [0.717, 1.165) is 12.8 Å². The lowest BCUT2D eigenvalue weighted by atomic mass is 9.57. The summed E-state index contributed by atoms with van der Waals surface area (Å²) in [6, 6.07) is 0. The molecule has 156 valence electrons. The largest absolute Gasteiger partial charge is 0.443 e. The summed E-state index contributed by atoms with van der Waals surface area (Å²) in [6.45, 7) is 4.21. The van der Waals surface area contributed by atoms with Crippen molar-refractivity contribution in [2.75, 3.05) is 13.2 Å². The molecule has 0 aromatic carbocycles. The third-order valence-corrected chi connectivity index (χ3v) is 7.06. The van der Waals surface area contributed by atoms with Gasteiger partial charge in [-0.15, -0.1) is 0 Å². The van der Waals surface area contributed by atoms with Crippen molar-refractivity contribution in [3.8, 4) is 0 Å². The quantitative estimate of drug-likeness (QED) is 0.740. The second kappa shape index (κ2) is 6.27. The number of rotatable bonds is 3. The lowest BCUT2D eigenvalue weighted by Crippen LogP contribution is -2.76. The van der Waals surface area contributed by atoms with Crippen LogP contribution in [0.25, 0.3) is 0 Å². The van der Waals surface area contributed by atoms with Crippen LogP contribution < -0.4 is 0 Å². The molecule has 0 aromatic heterocycles. The molecule has 4 heterocycles. The van der Waals surface area contributed by atoms with Crippen molar-refractivity contribution in [3.05, 3.63) is 0 Å². The van der Waals surface area contributed by atoms with Crippen LogP contribution in [-0.2, 0) is 24.0 Å². The second-order valence-corrected chi connectivity index (χ2v) is 8.55. The van der Waals surface area contributed by atoms with E-state index in [1.54, 1.807) is 6.92 Å². The normalized spacial score (nSPS) is 52.3. The van der Waals surface area contributed by atoms with Gasteiger partial charge in [-0.05, 0) is 38.0 Å². The molecule has 2 unspecified atom stereocenters. The highest BCUT2D eigenvalue weighted by Crippen LogP contribution is 2.64. The predicted octanol–water partition coefficient (Wildman–Crippen LogP) is 3.14. The zero-order valence-corrected chi connectivity index (χ0v) is 15.8. The van der Waals surface area contributed by atoms with Crippen molar-refractivity contribution in [1.82, 2.24) is 0 Å². The Labute approximate surface area is 156 Å². The smallest absolute Gasteiger partial charge is 0.394 e. The van der Waals surface area contributed by atoms with E-state index in [4.69, 9.17) is 29.1 Å². The van der Waals surface area contributed by atoms with E-state index in [1.165, 1.54) is 6.92 Å². The van der Waals surface area contributed by atoms with E-state index in [1.807, 2.05) is 0 Å². The SMILES string of the molecule is C[C@@H]1CCC2[C@@H](C)[C@](OCCO)(C(F)(F)F)O[C@@H]3O[C@]4(C)CC[C@@H]1C23OO4. The highest BCUT2D eigenvalue weighted by Gasteiger charge is 2.77. The van der Waals surface area contributed by atoms with Crippen LogP contribution in [0.1, 0.15) is 46.5 Å². The molecule has 1 spiro atoms. The minimum atomic E-state index is -4.79. The van der Waals surface area contributed by atoms with Crippen LogP contribution >= 0.6 is 0 Å². The molecule has 2 bridgehead atoms. The Morgan fingerprint density at radius 1 is 1.07 bits per heavy atom. The topological polar surface area (TPSA) is 66.4 Å². The maximum atomic E-state index is 14.2. The summed E-state index contributed by atoms with van der Waals surface area (Å²) in [5.41, 5.74) is -1.09. The molecule has 9 heteroatoms. The van der Waals surface area contributed by atoms with Gasteiger partial charge < -0.3 is 19.3 Å². The van der Waals surface area contributed by atoms with E-state index < -0.39 is 54.7 Å². The van der Waals surface area contributed by atoms with E-state index in [-0.39, 0.29) is 11.8 Å². The Balaban J connectivity index is 1.82. The summed E-state index contributed by atoms with van der Waals surface area (Å²) >= 11 is 0. The van der Waals surface area contributed by atoms with Gasteiger partial charge in [0, 0.05) is 18.3 Å². The molecule has 0 radical (unpaired) electrons. The summed E-state index contributed by atoms with van der Waals surface area (Å²) in [6.07, 6.45) is -3.48. The van der Waals surface area contributed by atoms with Crippen molar-refractivity contribution < 1.29 is 42.3 Å². The number of aliphatic hydroxyl groups excluding tert-OH is 1. The number of halogens is 3. The lowest BCUT2D eigenvalue weighted by Gasteiger charge is -2.62. The average molecular weight is 396 g/mol. The van der Waals surface area contributed by atoms with Crippen LogP contribution in [0.2, 0.25) is 0 Å². The summed E-state index contributed by atoms with van der Waals surface area (Å²) in [5, 5.41) is 9.07. The molecular weight excluding hydrogens is 369 g/mol. The van der Waals surface area contributed by atoms with Crippen molar-refractivity contribution in [3.63, 3.8) is 0 Å². The van der Waals surface area contributed by atoms with Crippen LogP contribution in [0.4, 0.5) is 13.2 Å². The second-order valence-electron chi connectivity index (χ2n) is 8.55. The van der Waals surface area contributed by atoms with Crippen molar-refractivity contribution in [2.45, 2.75) is 76.1 Å². The van der Waals surface area contributed by atoms with Crippen LogP contribution in [-0.4, -0.2) is 48.0 Å². The summed E-state index contributed by atoms with van der Waals surface area (Å²) in [7, 11) is 0. The van der Waals surface area contributed by atoms with E-state index in [0.29, 0.717) is 12.8 Å². The molecule has 5 rings (SSSR count). The Kier molecular flexibility index (Phi) is 4.61. The third kappa shape index (κ3) is 2.62. The fourth-order valence-corrected chi connectivity index (χ4v) is 5.69. The van der Waals surface area contributed by atoms with Gasteiger partial charge in [-0.3, -0.25) is 0 Å². The number of ether oxygens (including phenoxy) is 3. The molecule has 5 fully saturated rings. The molecule has 0 aromatic rings. The minimum Gasteiger partial charge on any atom is -0.394 e. The first-order valence-electron chi connectivity index (χ1n) is 9.63. The number of alkyl halides is 3. The molecule has 8 atom stereocenters. The summed E-state index contributed by atoms with van der Waals surface area (Å²) in [4.78, 5) is 11.4. The highest BCUT2D eigenvalue weighted by atomic mass is 19.4. The average Bonchev–Trinajstić information content (AvgIpc) is 2.82. The Morgan fingerprint density at radius 3 is 2.48 bits per heavy atom. The van der Waals surface area contributed by atoms with E-state index >= 15 is 0 Å². The Morgan fingerprint density at radius 2 is 1.81 bits per heavy atom. The zero-order chi connectivity index (χ0) is 19.7. The number of aliphatic hydroxyl groups is 1. The van der Waals surface area contributed by atoms with Gasteiger partial charge in [0.05, 0.1) is 13.2 Å². The van der Waals surface area contributed by atoms with Gasteiger partial charge in [0.15, 0.2) is 11.9 Å². The molecular formula is C18H27F3O6. The minimum absolute atomic E-state index is 0.0305. The zero-order valence-electron chi connectivity index (χ0n) is 15.8. The summed E-state index contributed by atoms with van der Waals surface area (Å²) in [5.74, 6) is -5.36. The standard InChI is InChI=1S/C18H27F3O6/c1-10-4-5-13-11(2)17(18(19,20)21,23-9-8-22)25-14-16(13)12(10)6-7-15(3,24-14)26-27-16/h10-14,22H,4-9H2,1-3H3/t10-,11-,12+,13?,14+,15+,16?,17-/m1/s1. The third-order valence-electron chi connectivity index (χ3n) is 7.06. The van der Waals surface area contributed by atoms with Gasteiger partial charge in [0.1, 0.15) is 0 Å². The number of hydrogen-bond acceptors (Lipinski definition) is 6. The Bertz CT molecular complexity index is 588. The number of hydrogen-bond donors (Lipinski definition) is 1. The van der Waals surface area contributed by atoms with Crippen LogP contribution in [0.15, 0.2) is 0 Å². The molecule has 6 nitrogen and oxygen atoms in total. The van der Waals surface area contributed by atoms with Crippen molar-refractivity contribution in [1.29, 1.82) is 0 Å². The van der Waals surface area contributed by atoms with Gasteiger partial charge in [-0.25, -0.2) is 9.78 Å². The monoisotopic (exact) mass is 396 g/mol. The first-order chi connectivity index (χ1) is 12.6. The van der Waals surface area contributed by atoms with Crippen LogP contribution in [0.5, 0.6) is 0 Å². The molecule has 1 aliphatic carbocycles. The fourth-order valence-electron chi connectivity index (χ4n) is 5.69. The van der Waals surface area contributed by atoms with Gasteiger partial charge in [0.25, 0.3) is 5.79 Å². The van der Waals surface area contributed by atoms with Gasteiger partial charge in [-0.2, -0.15) is 13.2 Å². The van der Waals surface area contributed by atoms with Gasteiger partial charge >= 0.3 is 6.18 Å². The fraction of sp³-hybridized carbons (Fsp3) is 1.00. The molecule has 1 N–H and O–H groups in total. The maximum Gasteiger partial charge on any atom is 0.443 e. The lowest BCUT2D eigenvalue weighted by molar-refractivity contribution is -0.599. The van der Waals surface area contributed by atoms with Gasteiger partial charge in [-0.1, -0.05) is 13.8 Å². The van der Waals surface area contributed by atoms with Crippen LogP contribution in [0, 0.1) is 23.7 Å². The first kappa shape index (κ1) is 19.8. The highest BCUT2D eigenvalue weighted by molar-refractivity contribution is 5.12. The Hall–Kier alpha value is -0.450. The molecule has 0 amide bonds. The molecule has 4 aliphatic heterocycles. The first-order valence-corrected chi connectivity index (χ1v) is 9.63.